The van der Waals surface area contributed by atoms with Crippen LogP contribution >= 0.6 is 23.4 Å². The molecule has 0 fully saturated rings. The predicted molar refractivity (Wildman–Crippen MR) is 171 cm³/mol. The van der Waals surface area contributed by atoms with E-state index in [9.17, 15) is 9.90 Å². The largest absolute Gasteiger partial charge is 0.478 e. The molecule has 1 heterocycles. The minimum absolute atomic E-state index is 0.631. The van der Waals surface area contributed by atoms with Crippen LogP contribution in [0.5, 0.6) is 5.75 Å². The second-order valence-electron chi connectivity index (χ2n) is 10.5. The summed E-state index contributed by atoms with van der Waals surface area (Å²) < 4.78 is 8.61. The number of carbonyl (C=O) groups is 1. The zero-order valence-corrected chi connectivity index (χ0v) is 26.3. The number of benzene rings is 3. The second kappa shape index (κ2) is 15.8. The summed E-state index contributed by atoms with van der Waals surface area (Å²) in [6, 6.07) is 21.4. The van der Waals surface area contributed by atoms with E-state index in [-0.39, 0.29) is 0 Å². The van der Waals surface area contributed by atoms with E-state index in [4.69, 9.17) is 16.3 Å². The van der Waals surface area contributed by atoms with E-state index in [1.807, 2.05) is 42.5 Å². The molecule has 42 heavy (non-hydrogen) atoms. The van der Waals surface area contributed by atoms with E-state index < -0.39 is 12.1 Å². The molecule has 0 spiro atoms. The molecule has 4 rings (SSSR count). The Morgan fingerprint density at radius 3 is 2.17 bits per heavy atom. The van der Waals surface area contributed by atoms with Gasteiger partial charge in [0.15, 0.2) is 5.16 Å². The Hall–Kier alpha value is -3.29. The van der Waals surface area contributed by atoms with Crippen LogP contribution in [0.3, 0.4) is 0 Å². The fourth-order valence-corrected chi connectivity index (χ4v) is 6.04. The molecular weight excluding hydrogens is 566 g/mol. The maximum Gasteiger partial charge on any atom is 0.349 e. The van der Waals surface area contributed by atoms with E-state index in [0.29, 0.717) is 17.9 Å². The average molecular weight is 606 g/mol. The number of ether oxygens (including phenoxy) is 1. The van der Waals surface area contributed by atoms with Crippen LogP contribution in [0.4, 0.5) is 0 Å². The monoisotopic (exact) mass is 605 g/mol. The molecule has 1 atom stereocenters. The zero-order chi connectivity index (χ0) is 29.9. The number of hydrogen-bond donors (Lipinski definition) is 1. The SMILES string of the molecule is CCCCc1nnc(SCc2ccc(Cl)cc2)n1Cc1cc(CCC)c(OC(C(=O)O)c2ccccc2)c(CCC)c1. The van der Waals surface area contributed by atoms with Crippen LogP contribution in [-0.2, 0) is 36.4 Å². The lowest BCUT2D eigenvalue weighted by Gasteiger charge is -2.22. The van der Waals surface area contributed by atoms with Gasteiger partial charge in [0.05, 0.1) is 6.54 Å². The van der Waals surface area contributed by atoms with E-state index in [1.165, 1.54) is 5.56 Å². The van der Waals surface area contributed by atoms with E-state index in [1.54, 1.807) is 23.9 Å². The summed E-state index contributed by atoms with van der Waals surface area (Å²) in [5.41, 5.74) is 5.04. The van der Waals surface area contributed by atoms with Gasteiger partial charge in [-0.2, -0.15) is 0 Å². The number of carboxylic acids is 1. The van der Waals surface area contributed by atoms with Crippen LogP contribution < -0.4 is 4.74 Å². The van der Waals surface area contributed by atoms with Crippen molar-refractivity contribution in [3.8, 4) is 5.75 Å². The van der Waals surface area contributed by atoms with Crippen molar-refractivity contribution in [3.63, 3.8) is 0 Å². The molecule has 8 heteroatoms. The first-order valence-electron chi connectivity index (χ1n) is 14.8. The molecule has 0 aliphatic heterocycles. The molecule has 0 bridgehead atoms. The van der Waals surface area contributed by atoms with Gasteiger partial charge in [-0.3, -0.25) is 0 Å². The standard InChI is InChI=1S/C34H40ClN3O3S/c1-4-7-15-30-36-37-34(42-23-24-16-18-29(35)19-17-24)38(30)22-25-20-27(11-5-2)31(28(21-25)12-6-3)41-32(33(39)40)26-13-9-8-10-14-26/h8-10,13-14,16-21,32H,4-7,11-12,15,22-23H2,1-3H3,(H,39,40). The number of rotatable bonds is 16. The number of carboxylic acid groups (broad SMARTS) is 1. The summed E-state index contributed by atoms with van der Waals surface area (Å²) in [5, 5.41) is 20.9. The first kappa shape index (κ1) is 31.6. The Kier molecular flexibility index (Phi) is 11.9. The van der Waals surface area contributed by atoms with Gasteiger partial charge in [-0.25, -0.2) is 4.79 Å². The molecule has 0 saturated heterocycles. The smallest absolute Gasteiger partial charge is 0.349 e. The zero-order valence-electron chi connectivity index (χ0n) is 24.7. The summed E-state index contributed by atoms with van der Waals surface area (Å²) in [4.78, 5) is 12.3. The Balaban J connectivity index is 1.69. The highest BCUT2D eigenvalue weighted by Gasteiger charge is 2.25. The van der Waals surface area contributed by atoms with E-state index in [0.717, 1.165) is 83.4 Å². The summed E-state index contributed by atoms with van der Waals surface area (Å²) in [5.74, 6) is 1.46. The number of aromatic nitrogens is 3. The van der Waals surface area contributed by atoms with Gasteiger partial charge in [-0.1, -0.05) is 118 Å². The molecule has 1 N–H and O–H groups in total. The van der Waals surface area contributed by atoms with Gasteiger partial charge < -0.3 is 14.4 Å². The Morgan fingerprint density at radius 1 is 0.905 bits per heavy atom. The van der Waals surface area contributed by atoms with Crippen LogP contribution in [0.15, 0.2) is 71.9 Å². The number of halogens is 1. The lowest BCUT2D eigenvalue weighted by atomic mass is 9.97. The molecule has 4 aromatic rings. The summed E-state index contributed by atoms with van der Waals surface area (Å²) in [6.07, 6.45) is 5.36. The lowest BCUT2D eigenvalue weighted by Crippen LogP contribution is -2.20. The van der Waals surface area contributed by atoms with Gasteiger partial charge in [0, 0.05) is 22.8 Å². The minimum Gasteiger partial charge on any atom is -0.478 e. The number of aliphatic carboxylic acids is 1. The van der Waals surface area contributed by atoms with Crippen molar-refractivity contribution in [2.24, 2.45) is 0 Å². The molecule has 0 aliphatic rings. The first-order valence-corrected chi connectivity index (χ1v) is 16.2. The number of nitrogens with zero attached hydrogens (tertiary/aromatic N) is 3. The average Bonchev–Trinajstić information content (AvgIpc) is 3.36. The van der Waals surface area contributed by atoms with Crippen LogP contribution in [-0.4, -0.2) is 25.8 Å². The number of aryl methyl sites for hydroxylation is 3. The third-order valence-electron chi connectivity index (χ3n) is 7.07. The molecule has 0 amide bonds. The first-order chi connectivity index (χ1) is 20.4. The molecule has 222 valence electrons. The predicted octanol–water partition coefficient (Wildman–Crippen LogP) is 8.72. The minimum atomic E-state index is -1.07. The van der Waals surface area contributed by atoms with E-state index in [2.05, 4.69) is 47.7 Å². The lowest BCUT2D eigenvalue weighted by molar-refractivity contribution is -0.145. The van der Waals surface area contributed by atoms with Crippen molar-refractivity contribution < 1.29 is 14.6 Å². The van der Waals surface area contributed by atoms with Crippen molar-refractivity contribution in [1.29, 1.82) is 0 Å². The number of hydrogen-bond acceptors (Lipinski definition) is 5. The topological polar surface area (TPSA) is 77.2 Å². The summed E-state index contributed by atoms with van der Waals surface area (Å²) in [6.45, 7) is 7.10. The Labute approximate surface area is 258 Å². The van der Waals surface area contributed by atoms with Crippen LogP contribution in [0.25, 0.3) is 0 Å². The Bertz CT molecular complexity index is 1410. The summed E-state index contributed by atoms with van der Waals surface area (Å²) >= 11 is 7.76. The molecule has 1 aromatic heterocycles. The highest BCUT2D eigenvalue weighted by molar-refractivity contribution is 7.98. The highest BCUT2D eigenvalue weighted by Crippen LogP contribution is 2.34. The molecule has 3 aromatic carbocycles. The van der Waals surface area contributed by atoms with Gasteiger partial charge in [0.1, 0.15) is 11.6 Å². The fraction of sp³-hybridized carbons (Fsp3) is 0.382. The maximum absolute atomic E-state index is 12.3. The van der Waals surface area contributed by atoms with Crippen molar-refractivity contribution in [1.82, 2.24) is 14.8 Å². The van der Waals surface area contributed by atoms with Crippen molar-refractivity contribution in [2.45, 2.75) is 89.3 Å². The maximum atomic E-state index is 12.3. The van der Waals surface area contributed by atoms with Crippen molar-refractivity contribution in [3.05, 3.63) is 105 Å². The molecule has 0 saturated carbocycles. The van der Waals surface area contributed by atoms with Crippen molar-refractivity contribution >= 4 is 29.3 Å². The third-order valence-corrected chi connectivity index (χ3v) is 8.36. The van der Waals surface area contributed by atoms with Gasteiger partial charge >= 0.3 is 5.97 Å². The quantitative estimate of drug-likeness (QED) is 0.129. The Morgan fingerprint density at radius 2 is 1.57 bits per heavy atom. The van der Waals surface area contributed by atoms with Crippen molar-refractivity contribution in [2.75, 3.05) is 0 Å². The van der Waals surface area contributed by atoms with Crippen LogP contribution in [0.1, 0.15) is 86.2 Å². The van der Waals surface area contributed by atoms with Gasteiger partial charge in [0.25, 0.3) is 0 Å². The van der Waals surface area contributed by atoms with Crippen LogP contribution in [0, 0.1) is 0 Å². The number of thioether (sulfide) groups is 1. The highest BCUT2D eigenvalue weighted by atomic mass is 35.5. The van der Waals surface area contributed by atoms with Gasteiger partial charge in [-0.15, -0.1) is 10.2 Å². The van der Waals surface area contributed by atoms with E-state index >= 15 is 0 Å². The summed E-state index contributed by atoms with van der Waals surface area (Å²) in [7, 11) is 0. The molecule has 1 unspecified atom stereocenters. The van der Waals surface area contributed by atoms with Gasteiger partial charge in [-0.05, 0) is 53.6 Å². The molecular formula is C34H40ClN3O3S. The normalized spacial score (nSPS) is 11.9. The number of unbranched alkanes of at least 4 members (excludes halogenated alkanes) is 1. The fourth-order valence-electron chi connectivity index (χ4n) is 5.00. The molecule has 6 nitrogen and oxygen atoms in total. The molecule has 0 aliphatic carbocycles. The second-order valence-corrected chi connectivity index (χ2v) is 11.9. The van der Waals surface area contributed by atoms with Gasteiger partial charge in [0.2, 0.25) is 6.10 Å². The van der Waals surface area contributed by atoms with Crippen LogP contribution in [0.2, 0.25) is 5.02 Å². The molecule has 0 radical (unpaired) electrons. The third kappa shape index (κ3) is 8.39.